The Balaban J connectivity index is 2.05. The van der Waals surface area contributed by atoms with E-state index in [2.05, 4.69) is 41.0 Å². The van der Waals surface area contributed by atoms with Gasteiger partial charge in [-0.1, -0.05) is 13.8 Å². The van der Waals surface area contributed by atoms with Crippen LogP contribution in [0, 0.1) is 11.8 Å². The molecule has 0 aliphatic rings. The molecular weight excluding hydrogens is 240 g/mol. The molecule has 2 aromatic rings. The number of imidazole rings is 1. The van der Waals surface area contributed by atoms with E-state index in [4.69, 9.17) is 11.6 Å². The number of thiazole rings is 1. The summed E-state index contributed by atoms with van der Waals surface area (Å²) in [5, 5.41) is 2.05. The standard InChI is InChI=1S/C12H17ClN2S/c1-9(2)5-10(7-13)6-11-8-15-3-4-16-12(15)14-11/h3-4,8-10H,5-7H2,1-2H3. The van der Waals surface area contributed by atoms with E-state index in [1.165, 1.54) is 6.42 Å². The van der Waals surface area contributed by atoms with E-state index in [0.29, 0.717) is 11.8 Å². The highest BCUT2D eigenvalue weighted by Gasteiger charge is 2.13. The lowest BCUT2D eigenvalue weighted by Gasteiger charge is -2.14. The first-order valence-electron chi connectivity index (χ1n) is 5.66. The van der Waals surface area contributed by atoms with Gasteiger partial charge in [-0.2, -0.15) is 0 Å². The number of rotatable bonds is 5. The fourth-order valence-corrected chi connectivity index (χ4v) is 2.99. The molecule has 1 atom stereocenters. The van der Waals surface area contributed by atoms with Gasteiger partial charge in [-0.05, 0) is 24.7 Å². The van der Waals surface area contributed by atoms with Crippen LogP contribution in [-0.4, -0.2) is 15.3 Å². The second-order valence-corrected chi connectivity index (χ2v) is 5.86. The Morgan fingerprint density at radius 2 is 2.31 bits per heavy atom. The van der Waals surface area contributed by atoms with E-state index < -0.39 is 0 Å². The molecule has 0 aliphatic heterocycles. The maximum Gasteiger partial charge on any atom is 0.193 e. The lowest BCUT2D eigenvalue weighted by Crippen LogP contribution is -2.10. The van der Waals surface area contributed by atoms with Crippen LogP contribution in [-0.2, 0) is 6.42 Å². The second-order valence-electron chi connectivity index (χ2n) is 4.68. The van der Waals surface area contributed by atoms with Crippen LogP contribution in [0.2, 0.25) is 0 Å². The van der Waals surface area contributed by atoms with Crippen LogP contribution in [0.4, 0.5) is 0 Å². The van der Waals surface area contributed by atoms with Crippen molar-refractivity contribution in [2.75, 3.05) is 5.88 Å². The topological polar surface area (TPSA) is 17.3 Å². The number of hydrogen-bond donors (Lipinski definition) is 0. The molecule has 0 radical (unpaired) electrons. The van der Waals surface area contributed by atoms with Crippen molar-refractivity contribution in [3.8, 4) is 0 Å². The Kier molecular flexibility index (Phi) is 3.87. The van der Waals surface area contributed by atoms with Crippen LogP contribution in [0.15, 0.2) is 17.8 Å². The molecule has 0 saturated heterocycles. The van der Waals surface area contributed by atoms with Crippen molar-refractivity contribution in [1.82, 2.24) is 9.38 Å². The fourth-order valence-electron chi connectivity index (χ4n) is 2.04. The molecule has 0 spiro atoms. The molecule has 2 nitrogen and oxygen atoms in total. The van der Waals surface area contributed by atoms with Gasteiger partial charge in [-0.15, -0.1) is 22.9 Å². The molecule has 2 heterocycles. The summed E-state index contributed by atoms with van der Waals surface area (Å²) in [4.78, 5) is 5.67. The smallest absolute Gasteiger partial charge is 0.193 e. The van der Waals surface area contributed by atoms with Crippen LogP contribution < -0.4 is 0 Å². The zero-order valence-electron chi connectivity index (χ0n) is 9.69. The van der Waals surface area contributed by atoms with Crippen LogP contribution in [0.25, 0.3) is 4.96 Å². The van der Waals surface area contributed by atoms with E-state index in [1.54, 1.807) is 11.3 Å². The van der Waals surface area contributed by atoms with Crippen molar-refractivity contribution < 1.29 is 0 Å². The summed E-state index contributed by atoms with van der Waals surface area (Å²) < 4.78 is 2.08. The number of alkyl halides is 1. The molecule has 4 heteroatoms. The van der Waals surface area contributed by atoms with Gasteiger partial charge in [0, 0.05) is 23.7 Å². The van der Waals surface area contributed by atoms with Gasteiger partial charge in [0.25, 0.3) is 0 Å². The van der Waals surface area contributed by atoms with Crippen molar-refractivity contribution in [2.24, 2.45) is 11.8 Å². The number of aromatic nitrogens is 2. The van der Waals surface area contributed by atoms with Gasteiger partial charge in [-0.25, -0.2) is 4.98 Å². The van der Waals surface area contributed by atoms with Gasteiger partial charge < -0.3 is 0 Å². The highest BCUT2D eigenvalue weighted by atomic mass is 35.5. The third-order valence-electron chi connectivity index (χ3n) is 2.66. The molecule has 0 saturated carbocycles. The summed E-state index contributed by atoms with van der Waals surface area (Å²) in [6, 6.07) is 0. The summed E-state index contributed by atoms with van der Waals surface area (Å²) >= 11 is 7.68. The van der Waals surface area contributed by atoms with Crippen molar-refractivity contribution in [3.05, 3.63) is 23.5 Å². The lowest BCUT2D eigenvalue weighted by atomic mass is 9.95. The Hall–Kier alpha value is -0.540. The first-order chi connectivity index (χ1) is 7.69. The third-order valence-corrected chi connectivity index (χ3v) is 3.87. The monoisotopic (exact) mass is 256 g/mol. The molecule has 0 N–H and O–H groups in total. The Morgan fingerprint density at radius 1 is 1.50 bits per heavy atom. The largest absolute Gasteiger partial charge is 0.297 e. The number of nitrogens with zero attached hydrogens (tertiary/aromatic N) is 2. The summed E-state index contributed by atoms with van der Waals surface area (Å²) in [6.45, 7) is 4.48. The third kappa shape index (κ3) is 2.77. The van der Waals surface area contributed by atoms with Gasteiger partial charge in [0.15, 0.2) is 4.96 Å². The van der Waals surface area contributed by atoms with E-state index in [1.807, 2.05) is 0 Å². The predicted molar refractivity (Wildman–Crippen MR) is 70.4 cm³/mol. The SMILES string of the molecule is CC(C)CC(CCl)Cc1cn2ccsc2n1. The van der Waals surface area contributed by atoms with E-state index in [0.717, 1.165) is 23.0 Å². The molecule has 0 bridgehead atoms. The molecule has 0 aliphatic carbocycles. The zero-order valence-corrected chi connectivity index (χ0v) is 11.3. The summed E-state index contributed by atoms with van der Waals surface area (Å²) in [5.74, 6) is 1.97. The maximum absolute atomic E-state index is 6.00. The lowest BCUT2D eigenvalue weighted by molar-refractivity contribution is 0.438. The fraction of sp³-hybridized carbons (Fsp3) is 0.583. The Morgan fingerprint density at radius 3 is 2.94 bits per heavy atom. The molecule has 0 fully saturated rings. The summed E-state index contributed by atoms with van der Waals surface area (Å²) in [6.07, 6.45) is 6.34. The molecule has 0 aromatic carbocycles. The molecule has 1 unspecified atom stereocenters. The zero-order chi connectivity index (χ0) is 11.5. The highest BCUT2D eigenvalue weighted by molar-refractivity contribution is 7.15. The van der Waals surface area contributed by atoms with Crippen LogP contribution in [0.1, 0.15) is 26.0 Å². The summed E-state index contributed by atoms with van der Waals surface area (Å²) in [5.41, 5.74) is 1.16. The van der Waals surface area contributed by atoms with Crippen molar-refractivity contribution >= 4 is 27.9 Å². The molecule has 16 heavy (non-hydrogen) atoms. The van der Waals surface area contributed by atoms with Gasteiger partial charge in [0.2, 0.25) is 0 Å². The van der Waals surface area contributed by atoms with Gasteiger partial charge in [0.05, 0.1) is 5.69 Å². The minimum absolute atomic E-state index is 0.547. The summed E-state index contributed by atoms with van der Waals surface area (Å²) in [7, 11) is 0. The molecular formula is C12H17ClN2S. The molecule has 2 rings (SSSR count). The average Bonchev–Trinajstić information content (AvgIpc) is 2.75. The first kappa shape index (κ1) is 11.9. The first-order valence-corrected chi connectivity index (χ1v) is 7.07. The van der Waals surface area contributed by atoms with Crippen molar-refractivity contribution in [3.63, 3.8) is 0 Å². The Labute approximate surface area is 105 Å². The van der Waals surface area contributed by atoms with Crippen molar-refractivity contribution in [2.45, 2.75) is 26.7 Å². The maximum atomic E-state index is 6.00. The van der Waals surface area contributed by atoms with E-state index in [9.17, 15) is 0 Å². The van der Waals surface area contributed by atoms with Crippen LogP contribution >= 0.6 is 22.9 Å². The van der Waals surface area contributed by atoms with E-state index in [-0.39, 0.29) is 0 Å². The Bertz CT molecular complexity index is 418. The van der Waals surface area contributed by atoms with Crippen molar-refractivity contribution in [1.29, 1.82) is 0 Å². The normalized spacial score (nSPS) is 13.8. The number of halogens is 1. The van der Waals surface area contributed by atoms with Gasteiger partial charge in [0.1, 0.15) is 0 Å². The van der Waals surface area contributed by atoms with Gasteiger partial charge in [-0.3, -0.25) is 4.40 Å². The average molecular weight is 257 g/mol. The minimum Gasteiger partial charge on any atom is -0.297 e. The van der Waals surface area contributed by atoms with Crippen LogP contribution in [0.5, 0.6) is 0 Å². The van der Waals surface area contributed by atoms with E-state index >= 15 is 0 Å². The minimum atomic E-state index is 0.547. The molecule has 0 amide bonds. The second kappa shape index (κ2) is 5.19. The molecule has 88 valence electrons. The van der Waals surface area contributed by atoms with Crippen LogP contribution in [0.3, 0.4) is 0 Å². The predicted octanol–water partition coefficient (Wildman–Crippen LogP) is 3.84. The molecule has 2 aromatic heterocycles. The quantitative estimate of drug-likeness (QED) is 0.743. The number of hydrogen-bond acceptors (Lipinski definition) is 2. The highest BCUT2D eigenvalue weighted by Crippen LogP contribution is 2.20. The van der Waals surface area contributed by atoms with Gasteiger partial charge >= 0.3 is 0 Å². The number of fused-ring (bicyclic) bond motifs is 1.